The maximum atomic E-state index is 14.8. The van der Waals surface area contributed by atoms with E-state index in [0.29, 0.717) is 38.1 Å². The molecule has 1 aromatic carbocycles. The summed E-state index contributed by atoms with van der Waals surface area (Å²) in [6, 6.07) is 5.63. The number of hydrogen-bond acceptors (Lipinski definition) is 9. The molecule has 3 aliphatic carbocycles. The Labute approximate surface area is 295 Å². The van der Waals surface area contributed by atoms with Crippen LogP contribution in [0, 0.1) is 11.8 Å². The summed E-state index contributed by atoms with van der Waals surface area (Å²) in [4.78, 5) is 35.0. The number of hydrogen-bond donors (Lipinski definition) is 3. The zero-order chi connectivity index (χ0) is 34.9. The molecule has 1 saturated heterocycles. The van der Waals surface area contributed by atoms with Gasteiger partial charge in [0, 0.05) is 29.5 Å². The molecule has 2 aliphatic heterocycles. The van der Waals surface area contributed by atoms with E-state index in [4.69, 9.17) is 9.47 Å². The van der Waals surface area contributed by atoms with E-state index in [0.717, 1.165) is 80.0 Å². The molecule has 3 heterocycles. The fourth-order valence-corrected chi connectivity index (χ4v) is 9.55. The summed E-state index contributed by atoms with van der Waals surface area (Å²) < 4.78 is 40.5. The van der Waals surface area contributed by atoms with Crippen molar-refractivity contribution in [3.05, 3.63) is 48.7 Å². The summed E-state index contributed by atoms with van der Waals surface area (Å²) in [6.45, 7) is 4.98. The van der Waals surface area contributed by atoms with E-state index in [1.165, 1.54) is 6.42 Å². The van der Waals surface area contributed by atoms with Crippen molar-refractivity contribution in [2.75, 3.05) is 20.2 Å². The van der Waals surface area contributed by atoms with Gasteiger partial charge in [0.2, 0.25) is 21.8 Å². The summed E-state index contributed by atoms with van der Waals surface area (Å²) in [5.41, 5.74) is -0.239. The Kier molecular flexibility index (Phi) is 10.2. The number of amides is 2. The maximum absolute atomic E-state index is 14.8. The van der Waals surface area contributed by atoms with Crippen LogP contribution in [0.1, 0.15) is 89.0 Å². The molecule has 5 aliphatic rings. The third kappa shape index (κ3) is 7.29. The van der Waals surface area contributed by atoms with Crippen LogP contribution < -0.4 is 24.8 Å². The number of carbonyl (C=O) groups is 2. The van der Waals surface area contributed by atoms with Crippen molar-refractivity contribution in [2.45, 2.75) is 113 Å². The molecule has 2 amide bonds. The Morgan fingerprint density at radius 2 is 1.94 bits per heavy atom. The highest BCUT2D eigenvalue weighted by molar-refractivity contribution is 7.91. The minimum absolute atomic E-state index is 0.000542. The van der Waals surface area contributed by atoms with Gasteiger partial charge in [-0.2, -0.15) is 0 Å². The predicted octanol–water partition coefficient (Wildman–Crippen LogP) is 4.82. The van der Waals surface area contributed by atoms with Crippen LogP contribution in [0.4, 0.5) is 0 Å². The van der Waals surface area contributed by atoms with Gasteiger partial charge < -0.3 is 19.7 Å². The normalized spacial score (nSPS) is 30.3. The number of nitrogens with one attached hydrogen (secondary N) is 3. The number of ether oxygens (including phenoxy) is 2. The number of fused-ring (bicyclic) bond motifs is 3. The van der Waals surface area contributed by atoms with Crippen LogP contribution in [0.3, 0.4) is 0 Å². The second-order valence-electron chi connectivity index (χ2n) is 14.8. The second-order valence-corrected chi connectivity index (χ2v) is 16.8. The molecule has 0 unspecified atom stereocenters. The van der Waals surface area contributed by atoms with Crippen molar-refractivity contribution in [1.29, 1.82) is 0 Å². The van der Waals surface area contributed by atoms with Crippen LogP contribution >= 0.6 is 0 Å². The van der Waals surface area contributed by atoms with E-state index in [-0.39, 0.29) is 23.8 Å². The SMILES string of the molecule is C=C[C@@H]1C[C@@]1(N[C@@H]1C[C@H]2CN1C(=O)[C@H](C1CCCCC1)NCCCCC/C=C/c1cc3c(nccc3cc1OC)O2)C(=O)NS(=O)(=O)C1CC1. The van der Waals surface area contributed by atoms with Crippen molar-refractivity contribution in [3.63, 3.8) is 0 Å². The molecule has 2 aromatic rings. The first-order chi connectivity index (χ1) is 24.2. The third-order valence-electron chi connectivity index (χ3n) is 11.3. The van der Waals surface area contributed by atoms with Gasteiger partial charge in [0.05, 0.1) is 31.1 Å². The highest BCUT2D eigenvalue weighted by atomic mass is 32.2. The number of benzene rings is 1. The molecule has 0 radical (unpaired) electrons. The van der Waals surface area contributed by atoms with Gasteiger partial charge in [-0.1, -0.05) is 43.9 Å². The molecule has 0 spiro atoms. The fraction of sp³-hybridized carbons (Fsp3) is 0.605. The minimum Gasteiger partial charge on any atom is -0.496 e. The van der Waals surface area contributed by atoms with Gasteiger partial charge in [-0.3, -0.25) is 19.6 Å². The van der Waals surface area contributed by atoms with Crippen LogP contribution in [0.2, 0.25) is 0 Å². The van der Waals surface area contributed by atoms with E-state index >= 15 is 0 Å². The van der Waals surface area contributed by atoms with E-state index in [1.54, 1.807) is 19.4 Å². The molecule has 5 atom stereocenters. The molecular weight excluding hydrogens is 655 g/mol. The van der Waals surface area contributed by atoms with Gasteiger partial charge >= 0.3 is 0 Å². The van der Waals surface area contributed by atoms with Gasteiger partial charge in [-0.15, -0.1) is 6.58 Å². The van der Waals surface area contributed by atoms with Crippen molar-refractivity contribution in [1.82, 2.24) is 25.2 Å². The lowest BCUT2D eigenvalue weighted by Gasteiger charge is -2.36. The molecule has 4 fully saturated rings. The first-order valence-corrected chi connectivity index (χ1v) is 20.1. The lowest BCUT2D eigenvalue weighted by molar-refractivity contribution is -0.138. The van der Waals surface area contributed by atoms with Gasteiger partial charge in [-0.25, -0.2) is 13.4 Å². The number of pyridine rings is 1. The Bertz CT molecular complexity index is 1740. The molecule has 12 heteroatoms. The standard InChI is InChI=1S/C38H51N5O6S/c1-3-28-23-38(28,37(45)42-50(46,47)30-15-16-30)41-33-22-29-24-43(33)36(44)34(25-12-9-7-10-13-25)39-18-11-6-4-5-8-14-27-20-31-26(21-32(27)48-2)17-19-40-35(31)49-29/h3,8,14,17,19-21,25,28-30,33-34,39,41H,1,4-7,9-13,15-16,18,22-24H2,2H3,(H,42,45)/b14-8+/t28-,29+,33+,34+,38+/m1/s1. The number of methoxy groups -OCH3 is 1. The number of rotatable bonds is 8. The largest absolute Gasteiger partial charge is 0.496 e. The summed E-state index contributed by atoms with van der Waals surface area (Å²) in [7, 11) is -2.09. The van der Waals surface area contributed by atoms with Gasteiger partial charge in [0.25, 0.3) is 5.91 Å². The minimum atomic E-state index is -3.76. The molecule has 11 nitrogen and oxygen atoms in total. The monoisotopic (exact) mass is 705 g/mol. The molecular formula is C38H51N5O6S. The zero-order valence-electron chi connectivity index (χ0n) is 29.1. The fourth-order valence-electron chi connectivity index (χ4n) is 8.19. The first-order valence-electron chi connectivity index (χ1n) is 18.5. The number of aromatic nitrogens is 1. The first kappa shape index (κ1) is 34.9. The van der Waals surface area contributed by atoms with Crippen LogP contribution in [-0.2, 0) is 19.6 Å². The highest BCUT2D eigenvalue weighted by Gasteiger charge is 2.62. The van der Waals surface area contributed by atoms with Crippen LogP contribution in [0.25, 0.3) is 16.8 Å². The predicted molar refractivity (Wildman–Crippen MR) is 193 cm³/mol. The van der Waals surface area contributed by atoms with E-state index in [9.17, 15) is 18.0 Å². The van der Waals surface area contributed by atoms with Gasteiger partial charge in [-0.05, 0) is 87.4 Å². The molecule has 7 rings (SSSR count). The van der Waals surface area contributed by atoms with Crippen molar-refractivity contribution >= 4 is 38.7 Å². The number of allylic oxidation sites excluding steroid dienone is 1. The summed E-state index contributed by atoms with van der Waals surface area (Å²) >= 11 is 0. The summed E-state index contributed by atoms with van der Waals surface area (Å²) in [5.74, 6) is 0.620. The molecule has 1 aromatic heterocycles. The van der Waals surface area contributed by atoms with Crippen LogP contribution in [0.5, 0.6) is 11.6 Å². The Morgan fingerprint density at radius 1 is 1.14 bits per heavy atom. The third-order valence-corrected chi connectivity index (χ3v) is 13.1. The Morgan fingerprint density at radius 3 is 2.68 bits per heavy atom. The molecule has 3 N–H and O–H groups in total. The summed E-state index contributed by atoms with van der Waals surface area (Å²) in [6.07, 6.45) is 18.0. The van der Waals surface area contributed by atoms with Gasteiger partial charge in [0.15, 0.2) is 0 Å². The number of carbonyl (C=O) groups excluding carboxylic acids is 2. The van der Waals surface area contributed by atoms with E-state index in [2.05, 4.69) is 39.1 Å². The smallest absolute Gasteiger partial charge is 0.254 e. The number of sulfonamides is 1. The van der Waals surface area contributed by atoms with E-state index < -0.39 is 39.0 Å². The Balaban J connectivity index is 1.23. The van der Waals surface area contributed by atoms with Crippen molar-refractivity contribution in [3.8, 4) is 11.6 Å². The zero-order valence-corrected chi connectivity index (χ0v) is 29.9. The maximum Gasteiger partial charge on any atom is 0.254 e. The molecule has 4 bridgehead atoms. The lowest BCUT2D eigenvalue weighted by atomic mass is 9.83. The lowest BCUT2D eigenvalue weighted by Crippen LogP contribution is -2.60. The van der Waals surface area contributed by atoms with Crippen LogP contribution in [-0.4, -0.2) is 79.4 Å². The van der Waals surface area contributed by atoms with E-state index in [1.807, 2.05) is 23.1 Å². The number of nitrogens with zero attached hydrogens (tertiary/aromatic N) is 2. The van der Waals surface area contributed by atoms with Crippen molar-refractivity contribution in [2.24, 2.45) is 11.8 Å². The summed E-state index contributed by atoms with van der Waals surface area (Å²) in [5, 5.41) is 8.44. The molecule has 50 heavy (non-hydrogen) atoms. The van der Waals surface area contributed by atoms with Crippen LogP contribution in [0.15, 0.2) is 43.1 Å². The van der Waals surface area contributed by atoms with Crippen molar-refractivity contribution < 1.29 is 27.5 Å². The average Bonchev–Trinajstić information content (AvgIpc) is 4.04. The quantitative estimate of drug-likeness (QED) is 0.330. The topological polar surface area (TPSA) is 139 Å². The molecule has 3 saturated carbocycles. The highest BCUT2D eigenvalue weighted by Crippen LogP contribution is 2.46. The molecule has 270 valence electrons. The second kappa shape index (κ2) is 14.6. The Hall–Kier alpha value is -3.48. The van der Waals surface area contributed by atoms with Gasteiger partial charge in [0.1, 0.15) is 17.4 Å². The average molecular weight is 706 g/mol.